The first-order valence-corrected chi connectivity index (χ1v) is 6.09. The summed E-state index contributed by atoms with van der Waals surface area (Å²) in [6.07, 6.45) is 2.25. The fourth-order valence-corrected chi connectivity index (χ4v) is 2.70. The van der Waals surface area contributed by atoms with Crippen molar-refractivity contribution < 1.29 is 4.74 Å². The summed E-state index contributed by atoms with van der Waals surface area (Å²) < 4.78 is 5.73. The molecule has 1 aromatic carbocycles. The molecular weight excluding hydrogens is 200 g/mol. The minimum Gasteiger partial charge on any atom is -0.490 e. The molecule has 0 amide bonds. The van der Waals surface area contributed by atoms with Gasteiger partial charge in [0.05, 0.1) is 5.69 Å². The van der Waals surface area contributed by atoms with Crippen LogP contribution in [-0.2, 0) is 12.8 Å². The van der Waals surface area contributed by atoms with Crippen LogP contribution in [0.15, 0.2) is 6.07 Å². The maximum Gasteiger partial charge on any atom is 0.143 e. The Hall–Kier alpha value is -1.22. The van der Waals surface area contributed by atoms with Gasteiger partial charge in [0.1, 0.15) is 12.4 Å². The summed E-state index contributed by atoms with van der Waals surface area (Å²) in [5.74, 6) is 1.05. The van der Waals surface area contributed by atoms with Crippen LogP contribution in [-0.4, -0.2) is 26.2 Å². The second-order valence-corrected chi connectivity index (χ2v) is 4.54. The third kappa shape index (κ3) is 1.55. The third-order valence-corrected chi connectivity index (χ3v) is 3.55. The number of rotatable bonds is 0. The number of benzene rings is 1. The first-order valence-electron chi connectivity index (χ1n) is 6.09. The lowest BCUT2D eigenvalue weighted by molar-refractivity contribution is 0.322. The van der Waals surface area contributed by atoms with Gasteiger partial charge in [-0.05, 0) is 55.6 Å². The molecule has 0 spiro atoms. The molecule has 16 heavy (non-hydrogen) atoms. The van der Waals surface area contributed by atoms with E-state index in [0.29, 0.717) is 0 Å². The van der Waals surface area contributed by atoms with Crippen molar-refractivity contribution in [3.05, 3.63) is 22.8 Å². The SMILES string of the molecule is Cc1c2c(cc3c1NCCO3)CCNCC2. The van der Waals surface area contributed by atoms with Crippen LogP contribution in [0.1, 0.15) is 16.7 Å². The van der Waals surface area contributed by atoms with Crippen molar-refractivity contribution in [1.82, 2.24) is 5.32 Å². The maximum absolute atomic E-state index is 5.73. The van der Waals surface area contributed by atoms with Gasteiger partial charge in [-0.3, -0.25) is 0 Å². The van der Waals surface area contributed by atoms with Crippen molar-refractivity contribution >= 4 is 5.69 Å². The molecule has 2 aliphatic heterocycles. The van der Waals surface area contributed by atoms with Crippen molar-refractivity contribution in [2.75, 3.05) is 31.6 Å². The molecular formula is C13H18N2O. The Bertz CT molecular complexity index is 415. The monoisotopic (exact) mass is 218 g/mol. The van der Waals surface area contributed by atoms with Crippen LogP contribution in [0, 0.1) is 6.92 Å². The van der Waals surface area contributed by atoms with Gasteiger partial charge in [-0.15, -0.1) is 0 Å². The van der Waals surface area contributed by atoms with Crippen LogP contribution in [0.25, 0.3) is 0 Å². The maximum atomic E-state index is 5.73. The predicted molar refractivity (Wildman–Crippen MR) is 65.4 cm³/mol. The predicted octanol–water partition coefficient (Wildman–Crippen LogP) is 1.49. The largest absolute Gasteiger partial charge is 0.490 e. The first kappa shape index (κ1) is 9.97. The second kappa shape index (κ2) is 3.98. The van der Waals surface area contributed by atoms with Crippen LogP contribution in [0.2, 0.25) is 0 Å². The molecule has 0 unspecified atom stereocenters. The molecule has 0 saturated carbocycles. The number of hydrogen-bond donors (Lipinski definition) is 2. The summed E-state index contributed by atoms with van der Waals surface area (Å²) in [4.78, 5) is 0. The average Bonchev–Trinajstić information content (AvgIpc) is 2.55. The minimum absolute atomic E-state index is 0.781. The summed E-state index contributed by atoms with van der Waals surface area (Å²) in [5.41, 5.74) is 5.58. The van der Waals surface area contributed by atoms with Crippen LogP contribution in [0.3, 0.4) is 0 Å². The number of anilines is 1. The first-order chi connectivity index (χ1) is 7.86. The Kier molecular flexibility index (Phi) is 2.48. The van der Waals surface area contributed by atoms with E-state index in [1.54, 1.807) is 0 Å². The van der Waals surface area contributed by atoms with E-state index in [1.165, 1.54) is 22.4 Å². The Labute approximate surface area is 96.2 Å². The standard InChI is InChI=1S/C13H18N2O/c1-9-11-3-5-14-4-2-10(11)8-12-13(9)15-6-7-16-12/h8,14-15H,2-7H2,1H3. The Morgan fingerprint density at radius 1 is 1.19 bits per heavy atom. The van der Waals surface area contributed by atoms with E-state index < -0.39 is 0 Å². The fraction of sp³-hybridized carbons (Fsp3) is 0.538. The lowest BCUT2D eigenvalue weighted by Gasteiger charge is -2.24. The molecule has 0 radical (unpaired) electrons. The van der Waals surface area contributed by atoms with Gasteiger partial charge in [0.2, 0.25) is 0 Å². The van der Waals surface area contributed by atoms with Crippen molar-refractivity contribution in [1.29, 1.82) is 0 Å². The zero-order valence-corrected chi connectivity index (χ0v) is 9.73. The summed E-state index contributed by atoms with van der Waals surface area (Å²) >= 11 is 0. The Morgan fingerprint density at radius 2 is 2.06 bits per heavy atom. The van der Waals surface area contributed by atoms with Crippen LogP contribution in [0.5, 0.6) is 5.75 Å². The summed E-state index contributed by atoms with van der Waals surface area (Å²) in [7, 11) is 0. The number of fused-ring (bicyclic) bond motifs is 2. The molecule has 0 aromatic heterocycles. The average molecular weight is 218 g/mol. The topological polar surface area (TPSA) is 33.3 Å². The van der Waals surface area contributed by atoms with Crippen molar-refractivity contribution in [3.63, 3.8) is 0 Å². The van der Waals surface area contributed by atoms with E-state index in [-0.39, 0.29) is 0 Å². The van der Waals surface area contributed by atoms with E-state index in [1.807, 2.05) is 0 Å². The molecule has 86 valence electrons. The Balaban J connectivity index is 2.12. The fourth-order valence-electron chi connectivity index (χ4n) is 2.70. The van der Waals surface area contributed by atoms with Gasteiger partial charge in [-0.1, -0.05) is 0 Å². The molecule has 3 rings (SSSR count). The molecule has 2 heterocycles. The van der Waals surface area contributed by atoms with Crippen molar-refractivity contribution in [3.8, 4) is 5.75 Å². The molecule has 3 heteroatoms. The molecule has 1 aromatic rings. The lowest BCUT2D eigenvalue weighted by atomic mass is 9.95. The molecule has 2 aliphatic rings. The smallest absolute Gasteiger partial charge is 0.143 e. The molecule has 0 fully saturated rings. The third-order valence-electron chi connectivity index (χ3n) is 3.55. The molecule has 0 bridgehead atoms. The number of ether oxygens (including phenoxy) is 1. The molecule has 0 saturated heterocycles. The van der Waals surface area contributed by atoms with Gasteiger partial charge in [-0.25, -0.2) is 0 Å². The van der Waals surface area contributed by atoms with Crippen LogP contribution in [0.4, 0.5) is 5.69 Å². The molecule has 2 N–H and O–H groups in total. The highest BCUT2D eigenvalue weighted by Crippen LogP contribution is 2.36. The molecule has 0 atom stereocenters. The van der Waals surface area contributed by atoms with Gasteiger partial charge < -0.3 is 15.4 Å². The van der Waals surface area contributed by atoms with Crippen LogP contribution < -0.4 is 15.4 Å². The van der Waals surface area contributed by atoms with Crippen molar-refractivity contribution in [2.24, 2.45) is 0 Å². The highest BCUT2D eigenvalue weighted by atomic mass is 16.5. The van der Waals surface area contributed by atoms with E-state index in [2.05, 4.69) is 23.6 Å². The van der Waals surface area contributed by atoms with E-state index >= 15 is 0 Å². The highest BCUT2D eigenvalue weighted by Gasteiger charge is 2.19. The normalized spacial score (nSPS) is 18.8. The Morgan fingerprint density at radius 3 is 3.00 bits per heavy atom. The summed E-state index contributed by atoms with van der Waals surface area (Å²) in [6.45, 7) is 6.09. The van der Waals surface area contributed by atoms with Gasteiger partial charge in [0.25, 0.3) is 0 Å². The minimum atomic E-state index is 0.781. The quantitative estimate of drug-likeness (QED) is 0.692. The lowest BCUT2D eigenvalue weighted by Crippen LogP contribution is -2.20. The van der Waals surface area contributed by atoms with E-state index in [0.717, 1.165) is 44.8 Å². The highest BCUT2D eigenvalue weighted by molar-refractivity contribution is 5.67. The summed E-state index contributed by atoms with van der Waals surface area (Å²) in [6, 6.07) is 2.23. The van der Waals surface area contributed by atoms with Gasteiger partial charge >= 0.3 is 0 Å². The van der Waals surface area contributed by atoms with Crippen molar-refractivity contribution in [2.45, 2.75) is 19.8 Å². The molecule has 3 nitrogen and oxygen atoms in total. The second-order valence-electron chi connectivity index (χ2n) is 4.54. The summed E-state index contributed by atoms with van der Waals surface area (Å²) in [5, 5.41) is 6.91. The number of hydrogen-bond acceptors (Lipinski definition) is 3. The van der Waals surface area contributed by atoms with Crippen LogP contribution >= 0.6 is 0 Å². The van der Waals surface area contributed by atoms with Gasteiger partial charge in [0, 0.05) is 6.54 Å². The van der Waals surface area contributed by atoms with E-state index in [9.17, 15) is 0 Å². The molecule has 0 aliphatic carbocycles. The van der Waals surface area contributed by atoms with E-state index in [4.69, 9.17) is 4.74 Å². The zero-order chi connectivity index (χ0) is 11.0. The number of nitrogens with one attached hydrogen (secondary N) is 2. The zero-order valence-electron chi connectivity index (χ0n) is 9.73. The van der Waals surface area contributed by atoms with Gasteiger partial charge in [0.15, 0.2) is 0 Å². The van der Waals surface area contributed by atoms with Gasteiger partial charge in [-0.2, -0.15) is 0 Å².